The lowest BCUT2D eigenvalue weighted by Gasteiger charge is -2.19. The minimum Gasteiger partial charge on any atom is -0.383 e. The van der Waals surface area contributed by atoms with E-state index in [1.807, 2.05) is 6.07 Å². The maximum absolute atomic E-state index is 4.96. The molecule has 0 bridgehead atoms. The van der Waals surface area contributed by atoms with Gasteiger partial charge in [-0.1, -0.05) is 0 Å². The van der Waals surface area contributed by atoms with Crippen LogP contribution in [0.3, 0.4) is 0 Å². The molecule has 0 aliphatic heterocycles. The number of hydrogen-bond donors (Lipinski definition) is 1. The Kier molecular flexibility index (Phi) is 5.56. The third-order valence-corrected chi connectivity index (χ3v) is 2.32. The maximum atomic E-state index is 4.96. The van der Waals surface area contributed by atoms with Crippen molar-refractivity contribution in [2.75, 3.05) is 43.6 Å². The first-order valence-electron chi connectivity index (χ1n) is 5.62. The molecule has 1 N–H and O–H groups in total. The van der Waals surface area contributed by atoms with Crippen molar-refractivity contribution in [1.82, 2.24) is 9.97 Å². The van der Waals surface area contributed by atoms with Crippen molar-refractivity contribution in [3.05, 3.63) is 12.3 Å². The van der Waals surface area contributed by atoms with E-state index in [0.717, 1.165) is 25.5 Å². The second-order valence-corrected chi connectivity index (χ2v) is 3.33. The van der Waals surface area contributed by atoms with E-state index in [1.165, 1.54) is 0 Å². The lowest BCUT2D eigenvalue weighted by atomic mass is 10.4. The molecule has 0 spiro atoms. The first-order valence-corrected chi connectivity index (χ1v) is 5.62. The van der Waals surface area contributed by atoms with Crippen molar-refractivity contribution in [3.8, 4) is 0 Å². The van der Waals surface area contributed by atoms with Crippen LogP contribution in [0.1, 0.15) is 13.8 Å². The van der Waals surface area contributed by atoms with Crippen molar-refractivity contribution in [3.63, 3.8) is 0 Å². The molecule has 16 heavy (non-hydrogen) atoms. The Morgan fingerprint density at radius 3 is 2.75 bits per heavy atom. The van der Waals surface area contributed by atoms with Crippen LogP contribution < -0.4 is 10.2 Å². The van der Waals surface area contributed by atoms with E-state index in [2.05, 4.69) is 34.0 Å². The Bertz CT molecular complexity index is 302. The molecule has 0 aliphatic rings. The van der Waals surface area contributed by atoms with Gasteiger partial charge >= 0.3 is 0 Å². The molecule has 0 fully saturated rings. The van der Waals surface area contributed by atoms with Gasteiger partial charge in [0.25, 0.3) is 0 Å². The van der Waals surface area contributed by atoms with E-state index >= 15 is 0 Å². The average molecular weight is 224 g/mol. The molecule has 1 heterocycles. The summed E-state index contributed by atoms with van der Waals surface area (Å²) in [4.78, 5) is 10.8. The summed E-state index contributed by atoms with van der Waals surface area (Å²) in [6, 6.07) is 1.93. The van der Waals surface area contributed by atoms with E-state index in [9.17, 15) is 0 Å². The monoisotopic (exact) mass is 224 g/mol. The van der Waals surface area contributed by atoms with Crippen molar-refractivity contribution >= 4 is 11.8 Å². The fourth-order valence-corrected chi connectivity index (χ4v) is 1.42. The van der Waals surface area contributed by atoms with Gasteiger partial charge in [-0.15, -0.1) is 0 Å². The number of nitrogens with zero attached hydrogens (tertiary/aromatic N) is 3. The zero-order valence-corrected chi connectivity index (χ0v) is 10.2. The highest BCUT2D eigenvalue weighted by atomic mass is 16.5. The van der Waals surface area contributed by atoms with Gasteiger partial charge in [-0.3, -0.25) is 0 Å². The molecule has 1 aromatic rings. The molecule has 0 saturated carbocycles. The van der Waals surface area contributed by atoms with E-state index in [0.29, 0.717) is 12.6 Å². The van der Waals surface area contributed by atoms with Crippen molar-refractivity contribution in [2.24, 2.45) is 0 Å². The number of nitrogens with one attached hydrogen (secondary N) is 1. The van der Waals surface area contributed by atoms with Crippen LogP contribution in [0.25, 0.3) is 0 Å². The van der Waals surface area contributed by atoms with Crippen molar-refractivity contribution in [2.45, 2.75) is 13.8 Å². The molecule has 1 aromatic heterocycles. The summed E-state index contributed by atoms with van der Waals surface area (Å²) in [5, 5.41) is 3.12. The molecule has 5 nitrogen and oxygen atoms in total. The van der Waals surface area contributed by atoms with Crippen LogP contribution in [0, 0.1) is 0 Å². The zero-order chi connectivity index (χ0) is 11.8. The lowest BCUT2D eigenvalue weighted by Crippen LogP contribution is -2.23. The molecule has 0 aromatic carbocycles. The zero-order valence-electron chi connectivity index (χ0n) is 10.2. The Hall–Kier alpha value is -1.36. The number of anilines is 2. The molecular weight excluding hydrogens is 204 g/mol. The molecule has 0 radical (unpaired) electrons. The third-order valence-electron chi connectivity index (χ3n) is 2.32. The summed E-state index contributed by atoms with van der Waals surface area (Å²) in [5.41, 5.74) is 0. The van der Waals surface area contributed by atoms with Crippen molar-refractivity contribution < 1.29 is 4.74 Å². The lowest BCUT2D eigenvalue weighted by molar-refractivity contribution is 0.210. The Morgan fingerprint density at radius 1 is 1.38 bits per heavy atom. The fraction of sp³-hybridized carbons (Fsp3) is 0.636. The van der Waals surface area contributed by atoms with Gasteiger partial charge in [0.1, 0.15) is 5.82 Å². The first-order chi connectivity index (χ1) is 7.81. The summed E-state index contributed by atoms with van der Waals surface area (Å²) < 4.78 is 4.96. The van der Waals surface area contributed by atoms with Gasteiger partial charge < -0.3 is 15.0 Å². The van der Waals surface area contributed by atoms with Crippen LogP contribution in [0.2, 0.25) is 0 Å². The predicted molar refractivity (Wildman–Crippen MR) is 66.0 cm³/mol. The quantitative estimate of drug-likeness (QED) is 0.709. The minimum atomic E-state index is 0.652. The highest BCUT2D eigenvalue weighted by Gasteiger charge is 2.04. The third kappa shape index (κ3) is 3.66. The molecule has 0 aliphatic carbocycles. The molecule has 1 rings (SSSR count). The second-order valence-electron chi connectivity index (χ2n) is 3.33. The summed E-state index contributed by atoms with van der Waals surface area (Å²) in [7, 11) is 1.68. The average Bonchev–Trinajstić information content (AvgIpc) is 2.32. The topological polar surface area (TPSA) is 50.3 Å². The first kappa shape index (κ1) is 12.7. The standard InChI is InChI=1S/C11H20N4O/c1-4-15(5-2)10-6-7-12-11(14-10)13-8-9-16-3/h6-7H,4-5,8-9H2,1-3H3,(H,12,13,14). The molecular formula is C11H20N4O. The number of ether oxygens (including phenoxy) is 1. The van der Waals surface area contributed by atoms with Gasteiger partial charge in [-0.25, -0.2) is 4.98 Å². The number of methoxy groups -OCH3 is 1. The summed E-state index contributed by atoms with van der Waals surface area (Å²) in [6.45, 7) is 7.50. The molecule has 0 saturated heterocycles. The summed E-state index contributed by atoms with van der Waals surface area (Å²) in [6.07, 6.45) is 1.77. The normalized spacial score (nSPS) is 10.2. The maximum Gasteiger partial charge on any atom is 0.224 e. The van der Waals surface area contributed by atoms with Crippen LogP contribution in [-0.2, 0) is 4.74 Å². The number of rotatable bonds is 7. The van der Waals surface area contributed by atoms with Gasteiger partial charge in [-0.2, -0.15) is 4.98 Å². The van der Waals surface area contributed by atoms with Gasteiger partial charge in [0.15, 0.2) is 0 Å². The van der Waals surface area contributed by atoms with E-state index in [1.54, 1.807) is 13.3 Å². The Morgan fingerprint density at radius 2 is 2.12 bits per heavy atom. The molecule has 0 atom stereocenters. The highest BCUT2D eigenvalue weighted by molar-refractivity contribution is 5.42. The molecule has 0 unspecified atom stereocenters. The second kappa shape index (κ2) is 7.00. The smallest absolute Gasteiger partial charge is 0.224 e. The van der Waals surface area contributed by atoms with Gasteiger partial charge in [0, 0.05) is 32.9 Å². The Labute approximate surface area is 96.8 Å². The minimum absolute atomic E-state index is 0.652. The largest absolute Gasteiger partial charge is 0.383 e. The summed E-state index contributed by atoms with van der Waals surface area (Å²) >= 11 is 0. The molecule has 5 heteroatoms. The van der Waals surface area contributed by atoms with E-state index in [4.69, 9.17) is 4.74 Å². The summed E-state index contributed by atoms with van der Waals surface area (Å²) in [5.74, 6) is 1.61. The Balaban J connectivity index is 2.62. The van der Waals surface area contributed by atoms with E-state index in [-0.39, 0.29) is 0 Å². The van der Waals surface area contributed by atoms with Crippen LogP contribution in [0.15, 0.2) is 12.3 Å². The predicted octanol–water partition coefficient (Wildman–Crippen LogP) is 1.38. The number of aromatic nitrogens is 2. The number of hydrogen-bond acceptors (Lipinski definition) is 5. The van der Waals surface area contributed by atoms with Crippen LogP contribution >= 0.6 is 0 Å². The van der Waals surface area contributed by atoms with Crippen LogP contribution in [0.5, 0.6) is 0 Å². The molecule has 90 valence electrons. The van der Waals surface area contributed by atoms with Gasteiger partial charge in [-0.05, 0) is 19.9 Å². The van der Waals surface area contributed by atoms with Crippen LogP contribution in [0.4, 0.5) is 11.8 Å². The van der Waals surface area contributed by atoms with Gasteiger partial charge in [0.2, 0.25) is 5.95 Å². The van der Waals surface area contributed by atoms with E-state index < -0.39 is 0 Å². The van der Waals surface area contributed by atoms with Crippen LogP contribution in [-0.4, -0.2) is 43.3 Å². The SMILES string of the molecule is CCN(CC)c1ccnc(NCCOC)n1. The van der Waals surface area contributed by atoms with Crippen molar-refractivity contribution in [1.29, 1.82) is 0 Å². The molecule has 0 amide bonds. The highest BCUT2D eigenvalue weighted by Crippen LogP contribution is 2.11. The fourth-order valence-electron chi connectivity index (χ4n) is 1.42. The van der Waals surface area contributed by atoms with Gasteiger partial charge in [0.05, 0.1) is 6.61 Å².